The fraction of sp³-hybridized carbons (Fsp3) is 0.200. The van der Waals surface area contributed by atoms with Crippen molar-refractivity contribution in [2.24, 2.45) is 0 Å². The monoisotopic (exact) mass is 479 g/mol. The van der Waals surface area contributed by atoms with Crippen LogP contribution in [0.25, 0.3) is 0 Å². The average Bonchev–Trinajstić information content (AvgIpc) is 2.84. The summed E-state index contributed by atoms with van der Waals surface area (Å²) in [6, 6.07) is 17.9. The molecule has 0 atom stereocenters. The van der Waals surface area contributed by atoms with Gasteiger partial charge >= 0.3 is 0 Å². The van der Waals surface area contributed by atoms with E-state index in [1.807, 2.05) is 6.07 Å². The highest BCUT2D eigenvalue weighted by Crippen LogP contribution is 2.32. The first-order chi connectivity index (χ1) is 16.2. The standard InChI is InChI=1S/C25H25N3O5S/c1-5-33-23-13-11-18(16-26)14-21(23)27-25(29)20-15-19(12-10-17(20)2)34(30,31)28(3)22-8-6-7-9-24(22)32-4/h6-15H,5H2,1-4H3,(H,27,29). The van der Waals surface area contributed by atoms with Crippen molar-refractivity contribution in [1.29, 1.82) is 5.26 Å². The van der Waals surface area contributed by atoms with Gasteiger partial charge in [0.25, 0.3) is 15.9 Å². The fourth-order valence-electron chi connectivity index (χ4n) is 3.35. The molecule has 0 saturated heterocycles. The summed E-state index contributed by atoms with van der Waals surface area (Å²) in [5, 5.41) is 11.9. The smallest absolute Gasteiger partial charge is 0.264 e. The van der Waals surface area contributed by atoms with Crippen LogP contribution in [0.2, 0.25) is 0 Å². The molecule has 0 unspecified atom stereocenters. The largest absolute Gasteiger partial charge is 0.495 e. The molecule has 8 nitrogen and oxygen atoms in total. The van der Waals surface area contributed by atoms with Crippen molar-refractivity contribution in [2.75, 3.05) is 30.4 Å². The Labute approximate surface area is 199 Å². The van der Waals surface area contributed by atoms with Crippen molar-refractivity contribution < 1.29 is 22.7 Å². The zero-order valence-electron chi connectivity index (χ0n) is 19.3. The number of hydrogen-bond donors (Lipinski definition) is 1. The Morgan fingerprint density at radius 2 is 1.82 bits per heavy atom. The Kier molecular flexibility index (Phi) is 7.44. The number of rotatable bonds is 8. The summed E-state index contributed by atoms with van der Waals surface area (Å²) in [4.78, 5) is 13.1. The lowest BCUT2D eigenvalue weighted by atomic mass is 10.1. The molecule has 0 fully saturated rings. The maximum Gasteiger partial charge on any atom is 0.264 e. The van der Waals surface area contributed by atoms with Gasteiger partial charge in [-0.2, -0.15) is 5.26 Å². The van der Waals surface area contributed by atoms with Gasteiger partial charge in [-0.05, 0) is 61.9 Å². The lowest BCUT2D eigenvalue weighted by Gasteiger charge is -2.22. The number of carbonyl (C=O) groups excluding carboxylic acids is 1. The SMILES string of the molecule is CCOc1ccc(C#N)cc1NC(=O)c1cc(S(=O)(=O)N(C)c2ccccc2OC)ccc1C. The average molecular weight is 480 g/mol. The van der Waals surface area contributed by atoms with Crippen LogP contribution in [0, 0.1) is 18.3 Å². The van der Waals surface area contributed by atoms with E-state index in [9.17, 15) is 18.5 Å². The maximum absolute atomic E-state index is 13.4. The summed E-state index contributed by atoms with van der Waals surface area (Å²) >= 11 is 0. The van der Waals surface area contributed by atoms with Crippen LogP contribution < -0.4 is 19.1 Å². The molecule has 0 aliphatic heterocycles. The second-order valence-corrected chi connectivity index (χ2v) is 9.30. The molecule has 3 aromatic rings. The van der Waals surface area contributed by atoms with Gasteiger partial charge in [0.2, 0.25) is 0 Å². The molecule has 34 heavy (non-hydrogen) atoms. The van der Waals surface area contributed by atoms with E-state index in [2.05, 4.69) is 5.32 Å². The third-order valence-corrected chi connectivity index (χ3v) is 6.96. The molecule has 0 bridgehead atoms. The van der Waals surface area contributed by atoms with Gasteiger partial charge in [0.1, 0.15) is 11.5 Å². The number of benzene rings is 3. The lowest BCUT2D eigenvalue weighted by Crippen LogP contribution is -2.27. The Balaban J connectivity index is 1.98. The lowest BCUT2D eigenvalue weighted by molar-refractivity contribution is 0.102. The third kappa shape index (κ3) is 4.97. The Bertz CT molecular complexity index is 1360. The molecule has 0 spiro atoms. The molecule has 0 heterocycles. The van der Waals surface area contributed by atoms with E-state index < -0.39 is 15.9 Å². The van der Waals surface area contributed by atoms with E-state index in [0.717, 1.165) is 4.31 Å². The molecule has 1 N–H and O–H groups in total. The van der Waals surface area contributed by atoms with Crippen LogP contribution in [0.1, 0.15) is 28.4 Å². The van der Waals surface area contributed by atoms with Gasteiger partial charge in [0.15, 0.2) is 0 Å². The quantitative estimate of drug-likeness (QED) is 0.514. The highest BCUT2D eigenvalue weighted by Gasteiger charge is 2.25. The normalized spacial score (nSPS) is 10.8. The van der Waals surface area contributed by atoms with Gasteiger partial charge in [-0.25, -0.2) is 8.42 Å². The number of sulfonamides is 1. The zero-order chi connectivity index (χ0) is 24.9. The van der Waals surface area contributed by atoms with Crippen LogP contribution >= 0.6 is 0 Å². The summed E-state index contributed by atoms with van der Waals surface area (Å²) in [7, 11) is -1.10. The summed E-state index contributed by atoms with van der Waals surface area (Å²) in [5.41, 5.74) is 1.81. The van der Waals surface area contributed by atoms with Gasteiger partial charge in [-0.3, -0.25) is 9.10 Å². The van der Waals surface area contributed by atoms with Crippen molar-refractivity contribution in [3.8, 4) is 17.6 Å². The van der Waals surface area contributed by atoms with Crippen LogP contribution in [0.3, 0.4) is 0 Å². The third-order valence-electron chi connectivity index (χ3n) is 5.19. The highest BCUT2D eigenvalue weighted by atomic mass is 32.2. The number of ether oxygens (including phenoxy) is 2. The van der Waals surface area contributed by atoms with E-state index in [1.165, 1.54) is 32.4 Å². The van der Waals surface area contributed by atoms with Crippen molar-refractivity contribution in [3.63, 3.8) is 0 Å². The van der Waals surface area contributed by atoms with Crippen molar-refractivity contribution in [3.05, 3.63) is 77.4 Å². The molecule has 3 aromatic carbocycles. The Hall–Kier alpha value is -4.03. The zero-order valence-corrected chi connectivity index (χ0v) is 20.1. The molecular weight excluding hydrogens is 454 g/mol. The topological polar surface area (TPSA) is 109 Å². The van der Waals surface area contributed by atoms with Crippen LogP contribution in [-0.2, 0) is 10.0 Å². The van der Waals surface area contributed by atoms with Crippen molar-refractivity contribution >= 4 is 27.3 Å². The van der Waals surface area contributed by atoms with E-state index >= 15 is 0 Å². The van der Waals surface area contributed by atoms with Crippen LogP contribution in [-0.4, -0.2) is 35.1 Å². The molecule has 0 aromatic heterocycles. The van der Waals surface area contributed by atoms with E-state index in [4.69, 9.17) is 9.47 Å². The second kappa shape index (κ2) is 10.3. The molecule has 0 aliphatic carbocycles. The predicted octanol–water partition coefficient (Wildman–Crippen LogP) is 4.35. The number of para-hydroxylation sites is 2. The van der Waals surface area contributed by atoms with E-state index in [1.54, 1.807) is 56.3 Å². The molecule has 9 heteroatoms. The first-order valence-corrected chi connectivity index (χ1v) is 11.9. The predicted molar refractivity (Wildman–Crippen MR) is 130 cm³/mol. The van der Waals surface area contributed by atoms with E-state index in [-0.39, 0.29) is 10.5 Å². The van der Waals surface area contributed by atoms with Gasteiger partial charge in [-0.1, -0.05) is 18.2 Å². The number of carbonyl (C=O) groups is 1. The molecule has 0 saturated carbocycles. The number of nitrogens with zero attached hydrogens (tertiary/aromatic N) is 2. The summed E-state index contributed by atoms with van der Waals surface area (Å²) < 4.78 is 38.6. The van der Waals surface area contributed by atoms with E-state index in [0.29, 0.717) is 40.6 Å². The Morgan fingerprint density at radius 1 is 1.09 bits per heavy atom. The summed E-state index contributed by atoms with van der Waals surface area (Å²) in [6.07, 6.45) is 0. The van der Waals surface area contributed by atoms with Crippen LogP contribution in [0.15, 0.2) is 65.6 Å². The first-order valence-electron chi connectivity index (χ1n) is 10.4. The van der Waals surface area contributed by atoms with Gasteiger partial charge in [0.05, 0.1) is 41.6 Å². The number of aryl methyl sites for hydroxylation is 1. The van der Waals surface area contributed by atoms with Gasteiger partial charge in [0, 0.05) is 12.6 Å². The maximum atomic E-state index is 13.4. The molecule has 1 amide bonds. The number of anilines is 2. The number of nitrogens with one attached hydrogen (secondary N) is 1. The number of nitriles is 1. The fourth-order valence-corrected chi connectivity index (χ4v) is 4.58. The number of methoxy groups -OCH3 is 1. The van der Waals surface area contributed by atoms with Crippen molar-refractivity contribution in [2.45, 2.75) is 18.7 Å². The summed E-state index contributed by atoms with van der Waals surface area (Å²) in [5.74, 6) is 0.289. The molecule has 176 valence electrons. The molecule has 0 aliphatic rings. The number of hydrogen-bond acceptors (Lipinski definition) is 6. The minimum atomic E-state index is -3.99. The molecule has 3 rings (SSSR count). The highest BCUT2D eigenvalue weighted by molar-refractivity contribution is 7.92. The second-order valence-electron chi connectivity index (χ2n) is 7.33. The first kappa shape index (κ1) is 24.6. The van der Waals surface area contributed by atoms with Gasteiger partial charge in [-0.15, -0.1) is 0 Å². The minimum Gasteiger partial charge on any atom is -0.495 e. The number of amides is 1. The summed E-state index contributed by atoms with van der Waals surface area (Å²) in [6.45, 7) is 3.89. The van der Waals surface area contributed by atoms with Crippen molar-refractivity contribution in [1.82, 2.24) is 0 Å². The Morgan fingerprint density at radius 3 is 2.50 bits per heavy atom. The minimum absolute atomic E-state index is 0.0486. The molecular formula is C25H25N3O5S. The van der Waals surface area contributed by atoms with Gasteiger partial charge < -0.3 is 14.8 Å². The van der Waals surface area contributed by atoms with Crippen LogP contribution in [0.4, 0.5) is 11.4 Å². The molecule has 0 radical (unpaired) electrons. The van der Waals surface area contributed by atoms with Crippen LogP contribution in [0.5, 0.6) is 11.5 Å².